The second-order valence-electron chi connectivity index (χ2n) is 6.38. The maximum atomic E-state index is 14.8. The van der Waals surface area contributed by atoms with Crippen molar-refractivity contribution in [2.45, 2.75) is 50.8 Å². The first-order chi connectivity index (χ1) is 10.9. The van der Waals surface area contributed by atoms with Gasteiger partial charge in [0, 0.05) is 5.56 Å². The van der Waals surface area contributed by atoms with Gasteiger partial charge in [-0.15, -0.1) is 0 Å². The molecule has 2 unspecified atom stereocenters. The van der Waals surface area contributed by atoms with Gasteiger partial charge in [-0.1, -0.05) is 18.2 Å². The normalized spacial score (nSPS) is 16.3. The molecule has 2 atom stereocenters. The average molecular weight is 365 g/mol. The Labute approximate surface area is 142 Å². The molecule has 0 saturated carbocycles. The topological polar surface area (TPSA) is 55.4 Å². The van der Waals surface area contributed by atoms with Crippen molar-refractivity contribution in [3.63, 3.8) is 0 Å². The lowest BCUT2D eigenvalue weighted by atomic mass is 9.86. The van der Waals surface area contributed by atoms with E-state index in [2.05, 4.69) is 9.46 Å². The third-order valence-corrected chi connectivity index (χ3v) is 5.13. The van der Waals surface area contributed by atoms with E-state index in [1.807, 2.05) is 0 Å². The van der Waals surface area contributed by atoms with Crippen molar-refractivity contribution in [2.75, 3.05) is 6.61 Å². The molecule has 0 fully saturated rings. The van der Waals surface area contributed by atoms with Gasteiger partial charge in [0.25, 0.3) is 0 Å². The first kappa shape index (κ1) is 20.6. The molecule has 0 saturated heterocycles. The van der Waals surface area contributed by atoms with Gasteiger partial charge in [-0.3, -0.25) is 0 Å². The summed E-state index contributed by atoms with van der Waals surface area (Å²) in [7, 11) is -1.99. The van der Waals surface area contributed by atoms with Crippen LogP contribution in [0.3, 0.4) is 0 Å². The molecule has 0 radical (unpaired) electrons. The van der Waals surface area contributed by atoms with E-state index in [1.54, 1.807) is 20.8 Å². The predicted molar refractivity (Wildman–Crippen MR) is 86.4 cm³/mol. The summed E-state index contributed by atoms with van der Waals surface area (Å²) < 4.78 is 62.0. The number of esters is 1. The van der Waals surface area contributed by atoms with Crippen LogP contribution in [-0.2, 0) is 26.1 Å². The molecular weight excluding hydrogens is 343 g/mol. The maximum absolute atomic E-state index is 14.8. The summed E-state index contributed by atoms with van der Waals surface area (Å²) in [5.41, 5.74) is -3.02. The van der Waals surface area contributed by atoms with E-state index in [0.717, 1.165) is 19.1 Å². The molecule has 0 spiro atoms. The lowest BCUT2D eigenvalue weighted by Crippen LogP contribution is -2.60. The maximum Gasteiger partial charge on any atom is 0.379 e. The second-order valence-corrected chi connectivity index (χ2v) is 8.35. The minimum atomic E-state index is -4.15. The number of benzene rings is 1. The summed E-state index contributed by atoms with van der Waals surface area (Å²) in [5.74, 6) is -6.90. The zero-order chi connectivity index (χ0) is 18.8. The van der Waals surface area contributed by atoms with Gasteiger partial charge < -0.3 is 4.74 Å². The van der Waals surface area contributed by atoms with Gasteiger partial charge in [-0.2, -0.15) is 8.78 Å². The van der Waals surface area contributed by atoms with Crippen LogP contribution in [0.25, 0.3) is 0 Å². The highest BCUT2D eigenvalue weighted by atomic mass is 32.2. The number of alkyl halides is 2. The van der Waals surface area contributed by atoms with Gasteiger partial charge in [0.05, 0.1) is 22.3 Å². The molecule has 0 amide bonds. The molecule has 0 aliphatic heterocycles. The summed E-state index contributed by atoms with van der Waals surface area (Å²) in [6.45, 7) is 6.77. The molecule has 136 valence electrons. The number of halogens is 3. The largest absolute Gasteiger partial charge is 0.461 e. The Morgan fingerprint density at radius 3 is 2.21 bits per heavy atom. The predicted octanol–water partition coefficient (Wildman–Crippen LogP) is 3.29. The zero-order valence-corrected chi connectivity index (χ0v) is 15.1. The molecule has 24 heavy (non-hydrogen) atoms. The van der Waals surface area contributed by atoms with Gasteiger partial charge in [0.1, 0.15) is 11.4 Å². The minimum Gasteiger partial charge on any atom is -0.461 e. The summed E-state index contributed by atoms with van der Waals surface area (Å²) in [5, 5.41) is 0. The highest BCUT2D eigenvalue weighted by Gasteiger charge is 2.60. The number of rotatable bonds is 6. The van der Waals surface area contributed by atoms with Crippen molar-refractivity contribution < 1.29 is 26.9 Å². The third kappa shape index (κ3) is 3.97. The summed E-state index contributed by atoms with van der Waals surface area (Å²) in [4.78, 5) is 11.8. The molecule has 4 nitrogen and oxygen atoms in total. The van der Waals surface area contributed by atoms with E-state index >= 15 is 0 Å². The van der Waals surface area contributed by atoms with Gasteiger partial charge in [0.15, 0.2) is 0 Å². The molecule has 0 bridgehead atoms. The van der Waals surface area contributed by atoms with Gasteiger partial charge in [0.2, 0.25) is 0 Å². The van der Waals surface area contributed by atoms with E-state index in [0.29, 0.717) is 0 Å². The lowest BCUT2D eigenvalue weighted by molar-refractivity contribution is -0.183. The molecule has 0 aromatic heterocycles. The Kier molecular flexibility index (Phi) is 6.21. The van der Waals surface area contributed by atoms with Crippen LogP contribution >= 0.6 is 0 Å². The number of carbonyl (C=O) groups is 1. The number of ether oxygens (including phenoxy) is 1. The quantitative estimate of drug-likeness (QED) is 0.787. The molecule has 1 N–H and O–H groups in total. The smallest absolute Gasteiger partial charge is 0.379 e. The Bertz CT molecular complexity index is 631. The van der Waals surface area contributed by atoms with Crippen molar-refractivity contribution in [1.82, 2.24) is 4.72 Å². The minimum absolute atomic E-state index is 0.260. The Balaban J connectivity index is 3.50. The van der Waals surface area contributed by atoms with Crippen LogP contribution in [0.2, 0.25) is 0 Å². The number of nitrogens with one attached hydrogen (secondary N) is 1. The summed E-state index contributed by atoms with van der Waals surface area (Å²) in [6, 6.07) is 4.81. The molecule has 1 rings (SSSR count). The third-order valence-electron chi connectivity index (χ3n) is 3.43. The van der Waals surface area contributed by atoms with E-state index in [-0.39, 0.29) is 6.61 Å². The fourth-order valence-corrected chi connectivity index (χ4v) is 2.83. The SMILES string of the molecule is CCOC(=O)C(F)(F)C(C)(NS(=O)C(C)(C)C)c1ccccc1F. The highest BCUT2D eigenvalue weighted by Crippen LogP contribution is 2.40. The van der Waals surface area contributed by atoms with Crippen molar-refractivity contribution in [1.29, 1.82) is 0 Å². The van der Waals surface area contributed by atoms with Crippen molar-refractivity contribution in [3.05, 3.63) is 35.6 Å². The van der Waals surface area contributed by atoms with Crippen LogP contribution in [0, 0.1) is 5.82 Å². The van der Waals surface area contributed by atoms with Crippen molar-refractivity contribution >= 4 is 17.0 Å². The fourth-order valence-electron chi connectivity index (χ4n) is 1.92. The van der Waals surface area contributed by atoms with Crippen molar-refractivity contribution in [2.24, 2.45) is 0 Å². The zero-order valence-electron chi connectivity index (χ0n) is 14.3. The molecule has 0 heterocycles. The first-order valence-electron chi connectivity index (χ1n) is 7.37. The average Bonchev–Trinajstić information content (AvgIpc) is 2.46. The Morgan fingerprint density at radius 1 is 1.21 bits per heavy atom. The van der Waals surface area contributed by atoms with Crippen LogP contribution in [0.15, 0.2) is 24.3 Å². The van der Waals surface area contributed by atoms with Gasteiger partial charge in [-0.05, 0) is 40.7 Å². The van der Waals surface area contributed by atoms with Crippen LogP contribution < -0.4 is 4.72 Å². The Morgan fingerprint density at radius 2 is 1.75 bits per heavy atom. The second kappa shape index (κ2) is 7.23. The van der Waals surface area contributed by atoms with Crippen LogP contribution in [-0.4, -0.2) is 27.5 Å². The van der Waals surface area contributed by atoms with Crippen LogP contribution in [0.4, 0.5) is 13.2 Å². The van der Waals surface area contributed by atoms with Crippen LogP contribution in [0.5, 0.6) is 0 Å². The fraction of sp³-hybridized carbons (Fsp3) is 0.562. The molecule has 0 aliphatic carbocycles. The highest BCUT2D eigenvalue weighted by molar-refractivity contribution is 7.84. The molecule has 8 heteroatoms. The molecule has 1 aromatic rings. The van der Waals surface area contributed by atoms with Gasteiger partial charge >= 0.3 is 11.9 Å². The summed E-state index contributed by atoms with van der Waals surface area (Å²) in [6.07, 6.45) is 0. The monoisotopic (exact) mass is 365 g/mol. The lowest BCUT2D eigenvalue weighted by Gasteiger charge is -2.38. The standard InChI is InChI=1S/C16H22F3NO3S/c1-6-23-13(21)16(18,19)15(5,20-24(22)14(2,3)4)11-9-7-8-10-12(11)17/h7-10,20H,6H2,1-5H3. The number of carbonyl (C=O) groups excluding carboxylic acids is 1. The molecule has 1 aromatic carbocycles. The van der Waals surface area contributed by atoms with Crippen LogP contribution in [0.1, 0.15) is 40.2 Å². The van der Waals surface area contributed by atoms with E-state index < -0.39 is 44.5 Å². The Hall–Kier alpha value is -1.41. The first-order valence-corrected chi connectivity index (χ1v) is 8.52. The number of hydrogen-bond acceptors (Lipinski definition) is 3. The van der Waals surface area contributed by atoms with Gasteiger partial charge in [-0.25, -0.2) is 18.1 Å². The summed E-state index contributed by atoms with van der Waals surface area (Å²) >= 11 is 0. The van der Waals surface area contributed by atoms with E-state index in [4.69, 9.17) is 0 Å². The van der Waals surface area contributed by atoms with Crippen molar-refractivity contribution in [3.8, 4) is 0 Å². The number of hydrogen-bond donors (Lipinski definition) is 1. The van der Waals surface area contributed by atoms with E-state index in [9.17, 15) is 22.2 Å². The molecule has 0 aliphatic rings. The molecular formula is C16H22F3NO3S. The van der Waals surface area contributed by atoms with E-state index in [1.165, 1.54) is 19.1 Å².